The van der Waals surface area contributed by atoms with Crippen LogP contribution in [0.25, 0.3) is 0 Å². The summed E-state index contributed by atoms with van der Waals surface area (Å²) in [6.07, 6.45) is 4.19. The van der Waals surface area contributed by atoms with Crippen LogP contribution < -0.4 is 9.47 Å². The Labute approximate surface area is 183 Å². The van der Waals surface area contributed by atoms with Crippen molar-refractivity contribution in [2.45, 2.75) is 45.7 Å². The average Bonchev–Trinajstić information content (AvgIpc) is 3.49. The molecule has 0 atom stereocenters. The fourth-order valence-corrected chi connectivity index (χ4v) is 3.53. The summed E-state index contributed by atoms with van der Waals surface area (Å²) < 4.78 is 16.2. The molecule has 1 aliphatic rings. The molecule has 1 heterocycles. The average molecular weight is 429 g/mol. The van der Waals surface area contributed by atoms with Crippen molar-refractivity contribution in [3.8, 4) is 11.5 Å². The van der Waals surface area contributed by atoms with Crippen LogP contribution in [-0.4, -0.2) is 55.0 Å². The van der Waals surface area contributed by atoms with Gasteiger partial charge in [0, 0.05) is 18.5 Å². The molecule has 7 nitrogen and oxygen atoms in total. The third-order valence-corrected chi connectivity index (χ3v) is 5.47. The van der Waals surface area contributed by atoms with Gasteiger partial charge in [-0.15, -0.1) is 0 Å². The van der Waals surface area contributed by atoms with E-state index in [4.69, 9.17) is 13.9 Å². The van der Waals surface area contributed by atoms with Crippen molar-refractivity contribution >= 4 is 11.8 Å². The Morgan fingerprint density at radius 2 is 1.87 bits per heavy atom. The van der Waals surface area contributed by atoms with Gasteiger partial charge in [-0.3, -0.25) is 9.59 Å². The summed E-state index contributed by atoms with van der Waals surface area (Å²) >= 11 is 0. The van der Waals surface area contributed by atoms with Crippen molar-refractivity contribution in [1.29, 1.82) is 0 Å². The first-order valence-electron chi connectivity index (χ1n) is 10.7. The molecule has 0 spiro atoms. The van der Waals surface area contributed by atoms with Crippen LogP contribution in [0.4, 0.5) is 0 Å². The highest BCUT2D eigenvalue weighted by atomic mass is 16.5. The van der Waals surface area contributed by atoms with Gasteiger partial charge in [-0.1, -0.05) is 19.9 Å². The molecular weight excluding hydrogens is 396 g/mol. The highest BCUT2D eigenvalue weighted by Gasteiger charge is 2.35. The summed E-state index contributed by atoms with van der Waals surface area (Å²) in [5, 5.41) is 0. The Morgan fingerprint density at radius 3 is 2.45 bits per heavy atom. The van der Waals surface area contributed by atoms with Crippen LogP contribution >= 0.6 is 0 Å². The van der Waals surface area contributed by atoms with Crippen LogP contribution in [0.3, 0.4) is 0 Å². The maximum atomic E-state index is 13.2. The third kappa shape index (κ3) is 6.03. The minimum atomic E-state index is -0.126. The van der Waals surface area contributed by atoms with E-state index >= 15 is 0 Å². The van der Waals surface area contributed by atoms with Crippen molar-refractivity contribution < 1.29 is 23.5 Å². The molecule has 1 aliphatic carbocycles. The zero-order valence-corrected chi connectivity index (χ0v) is 18.8. The topological polar surface area (TPSA) is 72.2 Å². The number of hydrogen-bond acceptors (Lipinski definition) is 5. The molecule has 1 fully saturated rings. The van der Waals surface area contributed by atoms with Crippen LogP contribution in [0, 0.1) is 5.92 Å². The van der Waals surface area contributed by atoms with Gasteiger partial charge in [0.1, 0.15) is 12.3 Å². The first kappa shape index (κ1) is 22.7. The van der Waals surface area contributed by atoms with Gasteiger partial charge in [-0.25, -0.2) is 0 Å². The summed E-state index contributed by atoms with van der Waals surface area (Å²) in [5.41, 5.74) is 1.03. The van der Waals surface area contributed by atoms with Crippen LogP contribution in [0.1, 0.15) is 38.0 Å². The van der Waals surface area contributed by atoms with Crippen molar-refractivity contribution in [3.63, 3.8) is 0 Å². The van der Waals surface area contributed by atoms with Gasteiger partial charge in [-0.05, 0) is 49.1 Å². The minimum absolute atomic E-state index is 0.0358. The number of hydrogen-bond donors (Lipinski definition) is 0. The van der Waals surface area contributed by atoms with Crippen molar-refractivity contribution in [3.05, 3.63) is 47.9 Å². The van der Waals surface area contributed by atoms with E-state index in [1.807, 2.05) is 44.2 Å². The minimum Gasteiger partial charge on any atom is -0.493 e. The molecule has 1 saturated carbocycles. The maximum Gasteiger partial charge on any atom is 0.242 e. The predicted molar refractivity (Wildman–Crippen MR) is 117 cm³/mol. The molecule has 0 saturated heterocycles. The van der Waals surface area contributed by atoms with Crippen LogP contribution in [-0.2, 0) is 22.6 Å². The Bertz CT molecular complexity index is 874. The normalized spacial score (nSPS) is 13.2. The summed E-state index contributed by atoms with van der Waals surface area (Å²) in [4.78, 5) is 29.4. The van der Waals surface area contributed by atoms with E-state index in [9.17, 15) is 9.59 Å². The van der Waals surface area contributed by atoms with E-state index in [1.165, 1.54) is 0 Å². The van der Waals surface area contributed by atoms with Gasteiger partial charge in [0.2, 0.25) is 11.8 Å². The molecule has 1 aromatic carbocycles. The summed E-state index contributed by atoms with van der Waals surface area (Å²) in [7, 11) is 3.21. The van der Waals surface area contributed by atoms with E-state index in [2.05, 4.69) is 0 Å². The second-order valence-electron chi connectivity index (χ2n) is 8.19. The second kappa shape index (κ2) is 10.4. The van der Waals surface area contributed by atoms with Gasteiger partial charge in [-0.2, -0.15) is 0 Å². The summed E-state index contributed by atoms with van der Waals surface area (Å²) in [6, 6.07) is 9.61. The third-order valence-electron chi connectivity index (χ3n) is 5.47. The second-order valence-corrected chi connectivity index (χ2v) is 8.19. The number of amides is 2. The van der Waals surface area contributed by atoms with E-state index in [1.54, 1.807) is 30.3 Å². The molecule has 7 heteroatoms. The number of benzene rings is 1. The lowest BCUT2D eigenvalue weighted by molar-refractivity contribution is -0.143. The predicted octanol–water partition coefficient (Wildman–Crippen LogP) is 3.52. The number of ether oxygens (including phenoxy) is 2. The number of rotatable bonds is 11. The summed E-state index contributed by atoms with van der Waals surface area (Å²) in [6.45, 7) is 4.73. The van der Waals surface area contributed by atoms with Crippen LogP contribution in [0.2, 0.25) is 0 Å². The maximum absolute atomic E-state index is 13.2. The van der Waals surface area contributed by atoms with Gasteiger partial charge in [0.25, 0.3) is 0 Å². The van der Waals surface area contributed by atoms with Crippen LogP contribution in [0.15, 0.2) is 41.0 Å². The Balaban J connectivity index is 1.71. The Kier molecular flexibility index (Phi) is 7.60. The number of furan rings is 1. The molecule has 3 rings (SSSR count). The molecular formula is C24H32N2O5. The molecule has 0 aliphatic heterocycles. The first-order valence-corrected chi connectivity index (χ1v) is 10.7. The summed E-state index contributed by atoms with van der Waals surface area (Å²) in [5.74, 6) is 1.88. The standard InChI is InChI=1S/C24H32N2O5/c1-17(2)24(28)26(19-8-9-19)16-23(27)25(15-20-6-5-13-31-20)12-11-18-7-10-21(29-3)22(14-18)30-4/h5-7,10,13-14,17,19H,8-9,11-12,15-16H2,1-4H3. The molecule has 2 amide bonds. The lowest BCUT2D eigenvalue weighted by atomic mass is 10.1. The number of methoxy groups -OCH3 is 2. The molecule has 0 unspecified atom stereocenters. The molecule has 31 heavy (non-hydrogen) atoms. The van der Waals surface area contributed by atoms with E-state index < -0.39 is 0 Å². The van der Waals surface area contributed by atoms with Crippen LogP contribution in [0.5, 0.6) is 11.5 Å². The highest BCUT2D eigenvalue weighted by Crippen LogP contribution is 2.29. The van der Waals surface area contributed by atoms with Gasteiger partial charge >= 0.3 is 0 Å². The van der Waals surface area contributed by atoms with Crippen molar-refractivity contribution in [1.82, 2.24) is 9.80 Å². The number of carbonyl (C=O) groups excluding carboxylic acids is 2. The fourth-order valence-electron chi connectivity index (χ4n) is 3.53. The largest absolute Gasteiger partial charge is 0.493 e. The van der Waals surface area contributed by atoms with E-state index in [0.29, 0.717) is 36.8 Å². The molecule has 168 valence electrons. The fraction of sp³-hybridized carbons (Fsp3) is 0.500. The smallest absolute Gasteiger partial charge is 0.242 e. The zero-order chi connectivity index (χ0) is 22.4. The Hall–Kier alpha value is -2.96. The monoisotopic (exact) mass is 428 g/mol. The molecule has 1 aromatic heterocycles. The lowest BCUT2D eigenvalue weighted by Gasteiger charge is -2.28. The van der Waals surface area contributed by atoms with Gasteiger partial charge in [0.05, 0.1) is 27.0 Å². The van der Waals surface area contributed by atoms with Gasteiger partial charge < -0.3 is 23.7 Å². The molecule has 0 bridgehead atoms. The van der Waals surface area contributed by atoms with Crippen molar-refractivity contribution in [2.24, 2.45) is 5.92 Å². The SMILES string of the molecule is COc1ccc(CCN(Cc2ccco2)C(=O)CN(C(=O)C(C)C)C2CC2)cc1OC. The Morgan fingerprint density at radius 1 is 1.13 bits per heavy atom. The zero-order valence-electron chi connectivity index (χ0n) is 18.8. The van der Waals surface area contributed by atoms with Gasteiger partial charge in [0.15, 0.2) is 11.5 Å². The quantitative estimate of drug-likeness (QED) is 0.548. The number of carbonyl (C=O) groups is 2. The number of nitrogens with zero attached hydrogens (tertiary/aromatic N) is 2. The highest BCUT2D eigenvalue weighted by molar-refractivity contribution is 5.86. The van der Waals surface area contributed by atoms with Crippen molar-refractivity contribution in [2.75, 3.05) is 27.3 Å². The van der Waals surface area contributed by atoms with E-state index in [-0.39, 0.29) is 30.3 Å². The molecule has 2 aromatic rings. The van der Waals surface area contributed by atoms with E-state index in [0.717, 1.165) is 18.4 Å². The molecule has 0 N–H and O–H groups in total. The first-order chi connectivity index (χ1) is 14.9. The lowest BCUT2D eigenvalue weighted by Crippen LogP contribution is -2.45. The molecule has 0 radical (unpaired) electrons.